The maximum Gasteiger partial charge on any atom is 0.233 e. The van der Waals surface area contributed by atoms with Crippen LogP contribution in [0.5, 0.6) is 0 Å². The average Bonchev–Trinajstić information content (AvgIpc) is 2.48. The van der Waals surface area contributed by atoms with Crippen LogP contribution in [0, 0.1) is 0 Å². The van der Waals surface area contributed by atoms with Crippen LogP contribution in [0.3, 0.4) is 0 Å². The zero-order valence-corrected chi connectivity index (χ0v) is 12.9. The highest BCUT2D eigenvalue weighted by Crippen LogP contribution is 2.17. The standard InChI is InChI=1S/C13H22N4O2S/c1-3-16-7-9-17(10-8-16)12-5-6-13(14-11-12)15-20(18,19)4-2/h5-6,11H,3-4,7-10H2,1-2H3,(H,14,15). The van der Waals surface area contributed by atoms with E-state index in [1.807, 2.05) is 6.07 Å². The molecule has 0 unspecified atom stereocenters. The van der Waals surface area contributed by atoms with Gasteiger partial charge in [0.25, 0.3) is 0 Å². The van der Waals surface area contributed by atoms with Gasteiger partial charge in [-0.2, -0.15) is 0 Å². The summed E-state index contributed by atoms with van der Waals surface area (Å²) in [5, 5.41) is 0. The molecule has 0 spiro atoms. The molecule has 112 valence electrons. The summed E-state index contributed by atoms with van der Waals surface area (Å²) >= 11 is 0. The van der Waals surface area contributed by atoms with Gasteiger partial charge >= 0.3 is 0 Å². The number of nitrogens with zero attached hydrogens (tertiary/aromatic N) is 3. The Morgan fingerprint density at radius 2 is 1.90 bits per heavy atom. The second-order valence-electron chi connectivity index (χ2n) is 4.83. The molecule has 1 aromatic rings. The Kier molecular flexibility index (Phi) is 4.82. The molecule has 1 aliphatic rings. The first kappa shape index (κ1) is 15.1. The Labute approximate surface area is 120 Å². The molecule has 2 rings (SSSR count). The molecular weight excluding hydrogens is 276 g/mol. The van der Waals surface area contributed by atoms with Crippen molar-refractivity contribution in [3.8, 4) is 0 Å². The highest BCUT2D eigenvalue weighted by molar-refractivity contribution is 7.92. The van der Waals surface area contributed by atoms with Gasteiger partial charge in [0.2, 0.25) is 10.0 Å². The van der Waals surface area contributed by atoms with Crippen molar-refractivity contribution in [3.05, 3.63) is 18.3 Å². The van der Waals surface area contributed by atoms with Crippen molar-refractivity contribution in [2.24, 2.45) is 0 Å². The van der Waals surface area contributed by atoms with E-state index in [0.29, 0.717) is 5.82 Å². The van der Waals surface area contributed by atoms with Crippen LogP contribution in [0.1, 0.15) is 13.8 Å². The summed E-state index contributed by atoms with van der Waals surface area (Å²) in [6, 6.07) is 3.64. The van der Waals surface area contributed by atoms with Crippen LogP contribution in [0.15, 0.2) is 18.3 Å². The summed E-state index contributed by atoms with van der Waals surface area (Å²) in [6.07, 6.45) is 1.73. The molecule has 1 saturated heterocycles. The van der Waals surface area contributed by atoms with Crippen LogP contribution in [0.4, 0.5) is 11.5 Å². The van der Waals surface area contributed by atoms with Gasteiger partial charge < -0.3 is 9.80 Å². The van der Waals surface area contributed by atoms with Crippen LogP contribution < -0.4 is 9.62 Å². The fourth-order valence-electron chi connectivity index (χ4n) is 2.19. The Morgan fingerprint density at radius 3 is 2.40 bits per heavy atom. The molecule has 2 heterocycles. The number of hydrogen-bond donors (Lipinski definition) is 1. The Hall–Kier alpha value is -1.34. The smallest absolute Gasteiger partial charge is 0.233 e. The molecule has 1 aliphatic heterocycles. The summed E-state index contributed by atoms with van der Waals surface area (Å²) in [4.78, 5) is 8.87. The second kappa shape index (κ2) is 6.41. The largest absolute Gasteiger partial charge is 0.368 e. The summed E-state index contributed by atoms with van der Waals surface area (Å²) in [5.41, 5.74) is 1.04. The summed E-state index contributed by atoms with van der Waals surface area (Å²) in [7, 11) is -3.25. The molecule has 0 aromatic carbocycles. The van der Waals surface area contributed by atoms with E-state index in [4.69, 9.17) is 0 Å². The van der Waals surface area contributed by atoms with Crippen LogP contribution in [-0.2, 0) is 10.0 Å². The normalized spacial score (nSPS) is 17.2. The number of anilines is 2. The number of hydrogen-bond acceptors (Lipinski definition) is 5. The summed E-state index contributed by atoms with van der Waals surface area (Å²) in [6.45, 7) is 8.94. The van der Waals surface area contributed by atoms with Crippen molar-refractivity contribution in [2.45, 2.75) is 13.8 Å². The van der Waals surface area contributed by atoms with Crippen LogP contribution in [-0.4, -0.2) is 56.8 Å². The van der Waals surface area contributed by atoms with E-state index in [0.717, 1.165) is 38.4 Å². The number of sulfonamides is 1. The lowest BCUT2D eigenvalue weighted by Gasteiger charge is -2.35. The molecule has 1 N–H and O–H groups in total. The van der Waals surface area contributed by atoms with E-state index in [1.54, 1.807) is 19.2 Å². The highest BCUT2D eigenvalue weighted by atomic mass is 32.2. The molecule has 0 atom stereocenters. The highest BCUT2D eigenvalue weighted by Gasteiger charge is 2.16. The third-order valence-corrected chi connectivity index (χ3v) is 4.85. The topological polar surface area (TPSA) is 65.5 Å². The summed E-state index contributed by atoms with van der Waals surface area (Å²) in [5.74, 6) is 0.429. The van der Waals surface area contributed by atoms with E-state index >= 15 is 0 Å². The number of aromatic nitrogens is 1. The van der Waals surface area contributed by atoms with Crippen molar-refractivity contribution in [1.29, 1.82) is 0 Å². The van der Waals surface area contributed by atoms with Crippen LogP contribution >= 0.6 is 0 Å². The van der Waals surface area contributed by atoms with E-state index in [2.05, 4.69) is 26.4 Å². The molecule has 1 aromatic heterocycles. The van der Waals surface area contributed by atoms with Gasteiger partial charge in [-0.05, 0) is 25.6 Å². The van der Waals surface area contributed by atoms with Gasteiger partial charge in [0.05, 0.1) is 17.6 Å². The monoisotopic (exact) mass is 298 g/mol. The van der Waals surface area contributed by atoms with E-state index in [9.17, 15) is 8.42 Å². The summed E-state index contributed by atoms with van der Waals surface area (Å²) < 4.78 is 25.4. The quantitative estimate of drug-likeness (QED) is 0.878. The predicted molar refractivity (Wildman–Crippen MR) is 81.6 cm³/mol. The Bertz CT molecular complexity index is 522. The molecule has 20 heavy (non-hydrogen) atoms. The molecule has 1 fully saturated rings. The second-order valence-corrected chi connectivity index (χ2v) is 6.84. The lowest BCUT2D eigenvalue weighted by atomic mass is 10.3. The lowest BCUT2D eigenvalue weighted by molar-refractivity contribution is 0.271. The minimum Gasteiger partial charge on any atom is -0.368 e. The van der Waals surface area contributed by atoms with Gasteiger partial charge in [0, 0.05) is 26.2 Å². The molecule has 0 aliphatic carbocycles. The van der Waals surface area contributed by atoms with Crippen LogP contribution in [0.2, 0.25) is 0 Å². The van der Waals surface area contributed by atoms with Crippen molar-refractivity contribution < 1.29 is 8.42 Å². The Balaban J connectivity index is 1.98. The first-order valence-electron chi connectivity index (χ1n) is 6.98. The average molecular weight is 298 g/mol. The minimum atomic E-state index is -3.25. The van der Waals surface area contributed by atoms with Crippen molar-refractivity contribution >= 4 is 21.5 Å². The molecular formula is C13H22N4O2S. The SMILES string of the molecule is CCN1CCN(c2ccc(NS(=O)(=O)CC)nc2)CC1. The first-order valence-corrected chi connectivity index (χ1v) is 8.63. The third kappa shape index (κ3) is 3.83. The van der Waals surface area contributed by atoms with E-state index in [1.165, 1.54) is 0 Å². The fourth-order valence-corrected chi connectivity index (χ4v) is 2.77. The van der Waals surface area contributed by atoms with Crippen LogP contribution in [0.25, 0.3) is 0 Å². The van der Waals surface area contributed by atoms with Gasteiger partial charge in [-0.1, -0.05) is 6.92 Å². The molecule has 0 radical (unpaired) electrons. The zero-order chi connectivity index (χ0) is 14.6. The van der Waals surface area contributed by atoms with Gasteiger partial charge in [-0.15, -0.1) is 0 Å². The zero-order valence-electron chi connectivity index (χ0n) is 12.0. The number of pyridine rings is 1. The molecule has 7 heteroatoms. The minimum absolute atomic E-state index is 0.0510. The number of likely N-dealkylation sites (N-methyl/N-ethyl adjacent to an activating group) is 1. The Morgan fingerprint density at radius 1 is 1.20 bits per heavy atom. The molecule has 6 nitrogen and oxygen atoms in total. The van der Waals surface area contributed by atoms with Gasteiger partial charge in [0.1, 0.15) is 5.82 Å². The van der Waals surface area contributed by atoms with Crippen molar-refractivity contribution in [1.82, 2.24) is 9.88 Å². The van der Waals surface area contributed by atoms with E-state index in [-0.39, 0.29) is 5.75 Å². The van der Waals surface area contributed by atoms with Gasteiger partial charge in [-0.25, -0.2) is 13.4 Å². The van der Waals surface area contributed by atoms with Gasteiger partial charge in [0.15, 0.2) is 0 Å². The van der Waals surface area contributed by atoms with Crippen molar-refractivity contribution in [3.63, 3.8) is 0 Å². The van der Waals surface area contributed by atoms with E-state index < -0.39 is 10.0 Å². The maximum atomic E-state index is 11.5. The molecule has 0 amide bonds. The number of nitrogens with one attached hydrogen (secondary N) is 1. The fraction of sp³-hybridized carbons (Fsp3) is 0.615. The lowest BCUT2D eigenvalue weighted by Crippen LogP contribution is -2.46. The maximum absolute atomic E-state index is 11.5. The van der Waals surface area contributed by atoms with Crippen molar-refractivity contribution in [2.75, 3.05) is 48.1 Å². The third-order valence-electron chi connectivity index (χ3n) is 3.57. The predicted octanol–water partition coefficient (Wildman–Crippen LogP) is 0.985. The molecule has 0 saturated carbocycles. The molecule has 0 bridgehead atoms. The number of piperazine rings is 1. The first-order chi connectivity index (χ1) is 9.54. The number of rotatable bonds is 5. The van der Waals surface area contributed by atoms with Gasteiger partial charge in [-0.3, -0.25) is 4.72 Å².